The van der Waals surface area contributed by atoms with Crippen LogP contribution in [-0.2, 0) is 13.6 Å². The maximum atomic E-state index is 13.8. The van der Waals surface area contributed by atoms with E-state index in [9.17, 15) is 9.50 Å². The van der Waals surface area contributed by atoms with Crippen molar-refractivity contribution in [3.8, 4) is 22.9 Å². The molecule has 1 atom stereocenters. The first kappa shape index (κ1) is 23.7. The van der Waals surface area contributed by atoms with Crippen LogP contribution >= 0.6 is 0 Å². The molecule has 5 nitrogen and oxygen atoms in total. The predicted octanol–water partition coefficient (Wildman–Crippen LogP) is 5.96. The van der Waals surface area contributed by atoms with E-state index in [0.717, 1.165) is 22.4 Å². The SMILES string of the molecule is CC(C)N(Cc1c(-c2ccccc2)nn(C)c1Oc1cccc(F)c1)CC(O)c1ccccc1. The molecule has 0 spiro atoms. The molecule has 1 heterocycles. The van der Waals surface area contributed by atoms with Gasteiger partial charge in [-0.15, -0.1) is 0 Å². The Morgan fingerprint density at radius 2 is 1.65 bits per heavy atom. The maximum absolute atomic E-state index is 13.8. The molecule has 0 aliphatic rings. The number of hydrogen-bond donors (Lipinski definition) is 1. The molecule has 4 rings (SSSR count). The highest BCUT2D eigenvalue weighted by atomic mass is 19.1. The first-order valence-corrected chi connectivity index (χ1v) is 11.4. The first-order valence-electron chi connectivity index (χ1n) is 11.4. The van der Waals surface area contributed by atoms with Crippen molar-refractivity contribution in [2.24, 2.45) is 7.05 Å². The van der Waals surface area contributed by atoms with Gasteiger partial charge in [0.05, 0.1) is 11.7 Å². The van der Waals surface area contributed by atoms with E-state index < -0.39 is 6.10 Å². The molecule has 0 saturated carbocycles. The Kier molecular flexibility index (Phi) is 7.40. The highest BCUT2D eigenvalue weighted by Crippen LogP contribution is 2.35. The number of aliphatic hydroxyl groups excluding tert-OH is 1. The van der Waals surface area contributed by atoms with Crippen LogP contribution in [-0.4, -0.2) is 32.4 Å². The van der Waals surface area contributed by atoms with Crippen LogP contribution in [0.2, 0.25) is 0 Å². The van der Waals surface area contributed by atoms with Crippen molar-refractivity contribution < 1.29 is 14.2 Å². The van der Waals surface area contributed by atoms with Gasteiger partial charge in [-0.3, -0.25) is 4.90 Å². The third-order valence-electron chi connectivity index (χ3n) is 5.83. The average Bonchev–Trinajstić information content (AvgIpc) is 3.14. The van der Waals surface area contributed by atoms with Gasteiger partial charge in [-0.1, -0.05) is 66.7 Å². The summed E-state index contributed by atoms with van der Waals surface area (Å²) < 4.78 is 21.7. The third-order valence-corrected chi connectivity index (χ3v) is 5.83. The summed E-state index contributed by atoms with van der Waals surface area (Å²) in [6.07, 6.45) is -0.631. The lowest BCUT2D eigenvalue weighted by Crippen LogP contribution is -2.34. The molecule has 1 unspecified atom stereocenters. The Balaban J connectivity index is 1.71. The van der Waals surface area contributed by atoms with Crippen LogP contribution in [0.3, 0.4) is 0 Å². The molecule has 0 bridgehead atoms. The van der Waals surface area contributed by atoms with Crippen molar-refractivity contribution in [3.05, 3.63) is 102 Å². The summed E-state index contributed by atoms with van der Waals surface area (Å²) in [5, 5.41) is 15.7. The smallest absolute Gasteiger partial charge is 0.222 e. The van der Waals surface area contributed by atoms with Crippen LogP contribution in [0.5, 0.6) is 11.6 Å². The number of nitrogens with zero attached hydrogens (tertiary/aromatic N) is 3. The molecule has 34 heavy (non-hydrogen) atoms. The topological polar surface area (TPSA) is 50.5 Å². The van der Waals surface area contributed by atoms with Crippen molar-refractivity contribution in [2.45, 2.75) is 32.5 Å². The Hall–Kier alpha value is -3.48. The molecule has 0 aliphatic heterocycles. The average molecular weight is 460 g/mol. The van der Waals surface area contributed by atoms with E-state index in [4.69, 9.17) is 9.84 Å². The summed E-state index contributed by atoms with van der Waals surface area (Å²) in [7, 11) is 1.82. The zero-order valence-electron chi connectivity index (χ0n) is 19.7. The number of rotatable bonds is 9. The van der Waals surface area contributed by atoms with Crippen molar-refractivity contribution in [1.29, 1.82) is 0 Å². The van der Waals surface area contributed by atoms with Gasteiger partial charge in [0.2, 0.25) is 5.88 Å². The molecule has 0 amide bonds. The fourth-order valence-corrected chi connectivity index (χ4v) is 3.96. The summed E-state index contributed by atoms with van der Waals surface area (Å²) in [5.41, 5.74) is 3.52. The minimum atomic E-state index is -0.631. The van der Waals surface area contributed by atoms with Crippen LogP contribution in [0.4, 0.5) is 4.39 Å². The van der Waals surface area contributed by atoms with E-state index in [1.165, 1.54) is 12.1 Å². The highest BCUT2D eigenvalue weighted by Gasteiger charge is 2.25. The zero-order chi connectivity index (χ0) is 24.1. The second-order valence-corrected chi connectivity index (χ2v) is 8.63. The lowest BCUT2D eigenvalue weighted by molar-refractivity contribution is 0.0904. The molecule has 6 heteroatoms. The number of aliphatic hydroxyl groups is 1. The second kappa shape index (κ2) is 10.6. The van der Waals surface area contributed by atoms with Gasteiger partial charge in [0.15, 0.2) is 0 Å². The number of hydrogen-bond acceptors (Lipinski definition) is 4. The Morgan fingerprint density at radius 1 is 0.971 bits per heavy atom. The summed E-state index contributed by atoms with van der Waals surface area (Å²) in [6, 6.07) is 25.8. The van der Waals surface area contributed by atoms with Gasteiger partial charge in [0.1, 0.15) is 17.3 Å². The van der Waals surface area contributed by atoms with Gasteiger partial charge in [0.25, 0.3) is 0 Å². The minimum absolute atomic E-state index is 0.157. The number of halogens is 1. The predicted molar refractivity (Wildman–Crippen MR) is 132 cm³/mol. The first-order chi connectivity index (χ1) is 16.4. The second-order valence-electron chi connectivity index (χ2n) is 8.63. The van der Waals surface area contributed by atoms with E-state index in [1.807, 2.05) is 67.7 Å². The fourth-order valence-electron chi connectivity index (χ4n) is 3.96. The van der Waals surface area contributed by atoms with Crippen LogP contribution in [0, 0.1) is 5.82 Å². The third kappa shape index (κ3) is 5.53. The summed E-state index contributed by atoms with van der Waals surface area (Å²) in [4.78, 5) is 2.19. The van der Waals surface area contributed by atoms with Gasteiger partial charge in [0, 0.05) is 37.8 Å². The Bertz CT molecular complexity index is 1210. The summed E-state index contributed by atoms with van der Waals surface area (Å²) in [5.74, 6) is 0.591. The monoisotopic (exact) mass is 459 g/mol. The molecule has 3 aromatic carbocycles. The zero-order valence-corrected chi connectivity index (χ0v) is 19.7. The van der Waals surface area contributed by atoms with E-state index >= 15 is 0 Å². The van der Waals surface area contributed by atoms with Crippen molar-refractivity contribution in [3.63, 3.8) is 0 Å². The molecule has 1 aromatic heterocycles. The quantitative estimate of drug-likeness (QED) is 0.335. The Morgan fingerprint density at radius 3 is 2.29 bits per heavy atom. The number of aromatic nitrogens is 2. The van der Waals surface area contributed by atoms with Gasteiger partial charge < -0.3 is 9.84 Å². The molecular weight excluding hydrogens is 429 g/mol. The van der Waals surface area contributed by atoms with Crippen molar-refractivity contribution in [2.75, 3.05) is 6.54 Å². The maximum Gasteiger partial charge on any atom is 0.222 e. The van der Waals surface area contributed by atoms with Gasteiger partial charge in [-0.05, 0) is 31.5 Å². The van der Waals surface area contributed by atoms with Gasteiger partial charge >= 0.3 is 0 Å². The molecule has 4 aromatic rings. The highest BCUT2D eigenvalue weighted by molar-refractivity contribution is 5.65. The van der Waals surface area contributed by atoms with Crippen molar-refractivity contribution in [1.82, 2.24) is 14.7 Å². The normalized spacial score (nSPS) is 12.3. The van der Waals surface area contributed by atoms with Crippen LogP contribution in [0.15, 0.2) is 84.9 Å². The molecule has 0 fully saturated rings. The summed E-state index contributed by atoms with van der Waals surface area (Å²) >= 11 is 0. The lowest BCUT2D eigenvalue weighted by Gasteiger charge is -2.29. The number of benzene rings is 3. The minimum Gasteiger partial charge on any atom is -0.439 e. The van der Waals surface area contributed by atoms with Crippen LogP contribution in [0.25, 0.3) is 11.3 Å². The van der Waals surface area contributed by atoms with Gasteiger partial charge in [-0.2, -0.15) is 5.10 Å². The standard InChI is InChI=1S/C28H30FN3O2/c1-20(2)32(19-26(33)21-11-6-4-7-12-21)18-25-27(22-13-8-5-9-14-22)30-31(3)28(25)34-24-16-10-15-23(29)17-24/h4-17,20,26,33H,18-19H2,1-3H3. The van der Waals surface area contributed by atoms with E-state index in [2.05, 4.69) is 18.7 Å². The van der Waals surface area contributed by atoms with E-state index in [1.54, 1.807) is 16.8 Å². The molecular formula is C28H30FN3O2. The van der Waals surface area contributed by atoms with E-state index in [-0.39, 0.29) is 11.9 Å². The molecule has 0 radical (unpaired) electrons. The molecule has 176 valence electrons. The number of aryl methyl sites for hydroxylation is 1. The van der Waals surface area contributed by atoms with Gasteiger partial charge in [-0.25, -0.2) is 9.07 Å². The van der Waals surface area contributed by atoms with Crippen molar-refractivity contribution >= 4 is 0 Å². The van der Waals surface area contributed by atoms with E-state index in [0.29, 0.717) is 24.7 Å². The molecule has 1 N–H and O–H groups in total. The molecule has 0 saturated heterocycles. The lowest BCUT2D eigenvalue weighted by atomic mass is 10.1. The van der Waals surface area contributed by atoms with Crippen LogP contribution in [0.1, 0.15) is 31.1 Å². The largest absolute Gasteiger partial charge is 0.439 e. The fraction of sp³-hybridized carbons (Fsp3) is 0.250. The summed E-state index contributed by atoms with van der Waals surface area (Å²) in [6.45, 7) is 5.15. The Labute approximate surface area is 200 Å². The van der Waals surface area contributed by atoms with Crippen LogP contribution < -0.4 is 4.74 Å². The number of ether oxygens (including phenoxy) is 1. The molecule has 0 aliphatic carbocycles.